The monoisotopic (exact) mass is 576 g/mol. The topological polar surface area (TPSA) is 107 Å². The van der Waals surface area contributed by atoms with Crippen molar-refractivity contribution in [3.63, 3.8) is 0 Å². The summed E-state index contributed by atoms with van der Waals surface area (Å²) >= 11 is 0. The van der Waals surface area contributed by atoms with Gasteiger partial charge in [-0.2, -0.15) is 17.5 Å². The third-order valence-corrected chi connectivity index (χ3v) is 8.12. The number of aliphatic hydroxyl groups excluding tert-OH is 1. The van der Waals surface area contributed by atoms with Crippen LogP contribution in [0.2, 0.25) is 0 Å². The van der Waals surface area contributed by atoms with Crippen molar-refractivity contribution in [2.75, 3.05) is 20.1 Å². The van der Waals surface area contributed by atoms with Crippen molar-refractivity contribution < 1.29 is 41.0 Å². The smallest absolute Gasteiger partial charge is 0.416 e. The molecule has 0 radical (unpaired) electrons. The summed E-state index contributed by atoms with van der Waals surface area (Å²) in [4.78, 5) is 10.2. The third-order valence-electron chi connectivity index (χ3n) is 6.32. The molecule has 0 aliphatic carbocycles. The van der Waals surface area contributed by atoms with Crippen LogP contribution >= 0.6 is 0 Å². The van der Waals surface area contributed by atoms with Crippen molar-refractivity contribution in [1.82, 2.24) is 9.62 Å². The number of carbonyl (C=O) groups is 1. The first-order valence-corrected chi connectivity index (χ1v) is 14.0. The molecule has 1 atom stereocenters. The van der Waals surface area contributed by atoms with Crippen molar-refractivity contribution in [3.8, 4) is 0 Å². The number of aryl methyl sites for hydroxylation is 2. The number of β-amino-alcohol motifs (C(OH)–C–C–N with tert-alkyl or cyclic N) is 1. The van der Waals surface area contributed by atoms with Crippen LogP contribution in [0.5, 0.6) is 0 Å². The van der Waals surface area contributed by atoms with E-state index in [9.17, 15) is 35.9 Å². The van der Waals surface area contributed by atoms with E-state index < -0.39 is 44.3 Å². The first-order valence-electron chi connectivity index (χ1n) is 12.6. The van der Waals surface area contributed by atoms with E-state index in [-0.39, 0.29) is 43.7 Å². The second kappa shape index (κ2) is 13.7. The van der Waals surface area contributed by atoms with Gasteiger partial charge in [0.2, 0.25) is 10.0 Å². The van der Waals surface area contributed by atoms with Gasteiger partial charge in [-0.1, -0.05) is 12.1 Å². The molecule has 0 heterocycles. The minimum absolute atomic E-state index is 0.0365. The van der Waals surface area contributed by atoms with Gasteiger partial charge < -0.3 is 15.5 Å². The molecule has 0 aromatic heterocycles. The largest absolute Gasteiger partial charge is 0.481 e. The lowest BCUT2D eigenvalue weighted by atomic mass is 9.95. The van der Waals surface area contributed by atoms with Gasteiger partial charge in [-0.3, -0.25) is 4.79 Å². The van der Waals surface area contributed by atoms with Gasteiger partial charge in [-0.15, -0.1) is 0 Å². The molecule has 218 valence electrons. The summed E-state index contributed by atoms with van der Waals surface area (Å²) < 4.78 is 80.4. The molecule has 0 bridgehead atoms. The summed E-state index contributed by atoms with van der Waals surface area (Å²) in [7, 11) is -3.20. The maximum Gasteiger partial charge on any atom is 0.416 e. The fraction of sp³-hybridized carbons (Fsp3) is 0.519. The van der Waals surface area contributed by atoms with Crippen molar-refractivity contribution in [3.05, 3.63) is 65.0 Å². The van der Waals surface area contributed by atoms with Crippen LogP contribution in [0.15, 0.2) is 47.4 Å². The van der Waals surface area contributed by atoms with Crippen molar-refractivity contribution in [2.45, 2.75) is 75.1 Å². The number of hydrogen-bond donors (Lipinski definition) is 3. The number of likely N-dealkylation sites (N-methyl/N-ethyl adjacent to an activating group) is 1. The fourth-order valence-corrected chi connectivity index (χ4v) is 5.37. The fourth-order valence-electron chi connectivity index (χ4n) is 4.07. The highest BCUT2D eigenvalue weighted by molar-refractivity contribution is 7.89. The Morgan fingerprint density at radius 1 is 1.03 bits per heavy atom. The van der Waals surface area contributed by atoms with Crippen LogP contribution in [0.4, 0.5) is 17.6 Å². The number of hydrogen-bond acceptors (Lipinski definition) is 5. The molecule has 0 unspecified atom stereocenters. The second-order valence-corrected chi connectivity index (χ2v) is 12.3. The van der Waals surface area contributed by atoms with Crippen LogP contribution in [0.3, 0.4) is 0 Å². The highest BCUT2D eigenvalue weighted by Gasteiger charge is 2.34. The lowest BCUT2D eigenvalue weighted by molar-refractivity contribution is -0.138. The van der Waals surface area contributed by atoms with Gasteiger partial charge in [-0.05, 0) is 87.4 Å². The second-order valence-electron chi connectivity index (χ2n) is 10.3. The molecule has 0 aliphatic heterocycles. The summed E-state index contributed by atoms with van der Waals surface area (Å²) in [6.07, 6.45) is -3.93. The average molecular weight is 577 g/mol. The summed E-state index contributed by atoms with van der Waals surface area (Å²) in [5.74, 6) is -1.40. The van der Waals surface area contributed by atoms with Gasteiger partial charge >= 0.3 is 12.1 Å². The van der Waals surface area contributed by atoms with E-state index in [4.69, 9.17) is 5.11 Å². The number of carboxylic acids is 1. The van der Waals surface area contributed by atoms with E-state index in [0.29, 0.717) is 6.07 Å². The number of rotatable bonds is 15. The molecule has 0 saturated heterocycles. The van der Waals surface area contributed by atoms with E-state index >= 15 is 0 Å². The molecule has 0 aliphatic rings. The van der Waals surface area contributed by atoms with Gasteiger partial charge in [0.1, 0.15) is 5.82 Å². The quantitative estimate of drug-likeness (QED) is 0.267. The van der Waals surface area contributed by atoms with Gasteiger partial charge in [-0.25, -0.2) is 12.8 Å². The van der Waals surface area contributed by atoms with E-state index in [1.807, 2.05) is 13.8 Å². The number of nitrogens with one attached hydrogen (secondary N) is 1. The van der Waals surface area contributed by atoms with E-state index in [1.165, 1.54) is 19.2 Å². The summed E-state index contributed by atoms with van der Waals surface area (Å²) in [6.45, 7) is 3.55. The zero-order valence-electron chi connectivity index (χ0n) is 22.3. The SMILES string of the molecule is CN(C[C@H](O)CNC(C)(C)CCCc1ccc(F)cc1)S(=O)(=O)c1cc(CCCC(=O)O)cc(C(F)(F)F)c1. The van der Waals surface area contributed by atoms with Crippen LogP contribution < -0.4 is 5.32 Å². The zero-order valence-corrected chi connectivity index (χ0v) is 23.1. The number of aliphatic carboxylic acids is 1. The Bertz CT molecular complexity index is 1200. The molecule has 0 spiro atoms. The Kier molecular flexibility index (Phi) is 11.5. The van der Waals surface area contributed by atoms with E-state index in [1.54, 1.807) is 12.1 Å². The Morgan fingerprint density at radius 3 is 2.23 bits per heavy atom. The standard InChI is InChI=1S/C27H36F4N2O5S/c1-26(2,13-5-7-19-9-11-22(28)12-10-19)32-17-23(34)18-33(3)39(37,38)24-15-20(6-4-8-25(35)36)14-21(16-24)27(29,30)31/h9-12,14-16,23,32,34H,4-8,13,17-18H2,1-3H3,(H,35,36)/t23-/m1/s1. The molecule has 7 nitrogen and oxygen atoms in total. The Balaban J connectivity index is 2.00. The number of sulfonamides is 1. The molecule has 2 aromatic rings. The molecule has 2 aromatic carbocycles. The number of halogens is 4. The minimum Gasteiger partial charge on any atom is -0.481 e. The summed E-state index contributed by atoms with van der Waals surface area (Å²) in [5.41, 5.74) is -0.488. The first-order chi connectivity index (χ1) is 18.0. The van der Waals surface area contributed by atoms with Gasteiger partial charge in [0.05, 0.1) is 16.6 Å². The Morgan fingerprint density at radius 2 is 1.64 bits per heavy atom. The summed E-state index contributed by atoms with van der Waals surface area (Å²) in [6, 6.07) is 8.72. The van der Waals surface area contributed by atoms with Crippen molar-refractivity contribution in [2.24, 2.45) is 0 Å². The number of benzene rings is 2. The van der Waals surface area contributed by atoms with Gasteiger partial charge in [0.25, 0.3) is 0 Å². The third kappa shape index (κ3) is 10.9. The molecule has 12 heteroatoms. The normalized spacial score (nSPS) is 13.6. The predicted octanol–water partition coefficient (Wildman–Crippen LogP) is 4.62. The van der Waals surface area contributed by atoms with Gasteiger partial charge in [0, 0.05) is 32.1 Å². The van der Waals surface area contributed by atoms with Crippen LogP contribution in [0.25, 0.3) is 0 Å². The number of nitrogens with zero attached hydrogens (tertiary/aromatic N) is 1. The van der Waals surface area contributed by atoms with Crippen LogP contribution in [-0.2, 0) is 33.8 Å². The van der Waals surface area contributed by atoms with E-state index in [2.05, 4.69) is 5.32 Å². The first kappa shape index (κ1) is 32.7. The number of aliphatic hydroxyl groups is 1. The lowest BCUT2D eigenvalue weighted by Gasteiger charge is -2.29. The van der Waals surface area contributed by atoms with Crippen molar-refractivity contribution in [1.29, 1.82) is 0 Å². The molecule has 0 amide bonds. The summed E-state index contributed by atoms with van der Waals surface area (Å²) in [5, 5.41) is 22.5. The Hall–Kier alpha value is -2.54. The molecule has 39 heavy (non-hydrogen) atoms. The number of carboxylic acid groups (broad SMARTS) is 1. The van der Waals surface area contributed by atoms with Crippen LogP contribution in [0.1, 0.15) is 56.2 Å². The maximum atomic E-state index is 13.4. The molecule has 0 saturated carbocycles. The van der Waals surface area contributed by atoms with Crippen LogP contribution in [0, 0.1) is 5.82 Å². The molecule has 0 fully saturated rings. The highest BCUT2D eigenvalue weighted by Crippen LogP contribution is 2.33. The molecular formula is C27H36F4N2O5S. The van der Waals surface area contributed by atoms with Crippen LogP contribution in [-0.4, -0.2) is 60.7 Å². The van der Waals surface area contributed by atoms with E-state index in [0.717, 1.165) is 41.3 Å². The molecule has 2 rings (SSSR count). The predicted molar refractivity (Wildman–Crippen MR) is 139 cm³/mol. The Labute approximate surface area is 226 Å². The highest BCUT2D eigenvalue weighted by atomic mass is 32.2. The average Bonchev–Trinajstić information content (AvgIpc) is 2.83. The molecule has 3 N–H and O–H groups in total. The van der Waals surface area contributed by atoms with Crippen molar-refractivity contribution >= 4 is 16.0 Å². The zero-order chi connectivity index (χ0) is 29.4. The molecular weight excluding hydrogens is 540 g/mol. The number of alkyl halides is 3. The van der Waals surface area contributed by atoms with Gasteiger partial charge in [0.15, 0.2) is 0 Å². The lowest BCUT2D eigenvalue weighted by Crippen LogP contribution is -2.46. The minimum atomic E-state index is -4.79. The maximum absolute atomic E-state index is 13.4.